The summed E-state index contributed by atoms with van der Waals surface area (Å²) in [7, 11) is -3.24. The monoisotopic (exact) mass is 228 g/mol. The zero-order valence-corrected chi connectivity index (χ0v) is 9.57. The average Bonchev–Trinajstić information content (AvgIpc) is 2.27. The Balaban J connectivity index is 2.85. The van der Waals surface area contributed by atoms with Gasteiger partial charge in [-0.2, -0.15) is 0 Å². The van der Waals surface area contributed by atoms with Crippen LogP contribution in [0.4, 0.5) is 0 Å². The molecule has 0 heterocycles. The average molecular weight is 228 g/mol. The largest absolute Gasteiger partial charge is 0.396 e. The van der Waals surface area contributed by atoms with Crippen LogP contribution in [0, 0.1) is 5.92 Å². The van der Waals surface area contributed by atoms with Crippen molar-refractivity contribution in [3.05, 3.63) is 30.3 Å². The van der Waals surface area contributed by atoms with Crippen LogP contribution in [0.3, 0.4) is 0 Å². The Morgan fingerprint density at radius 3 is 2.33 bits per heavy atom. The van der Waals surface area contributed by atoms with Gasteiger partial charge in [0, 0.05) is 6.61 Å². The number of aliphatic hydroxyl groups excluding tert-OH is 1. The third-order valence-corrected chi connectivity index (χ3v) is 4.29. The summed E-state index contributed by atoms with van der Waals surface area (Å²) in [5.74, 6) is -0.153. The van der Waals surface area contributed by atoms with Crippen LogP contribution >= 0.6 is 0 Å². The molecule has 0 amide bonds. The Morgan fingerprint density at radius 2 is 1.87 bits per heavy atom. The fourth-order valence-corrected chi connectivity index (χ4v) is 3.06. The van der Waals surface area contributed by atoms with E-state index >= 15 is 0 Å². The van der Waals surface area contributed by atoms with Gasteiger partial charge in [-0.1, -0.05) is 31.5 Å². The molecule has 0 fully saturated rings. The Bertz CT molecular complexity index is 380. The van der Waals surface area contributed by atoms with Crippen molar-refractivity contribution < 1.29 is 13.5 Å². The molecule has 1 rings (SSSR count). The normalized spacial score (nSPS) is 13.7. The minimum atomic E-state index is -3.24. The Labute approximate surface area is 90.7 Å². The summed E-state index contributed by atoms with van der Waals surface area (Å²) >= 11 is 0. The second-order valence-electron chi connectivity index (χ2n) is 3.55. The van der Waals surface area contributed by atoms with Gasteiger partial charge in [0.1, 0.15) is 0 Å². The first-order valence-electron chi connectivity index (χ1n) is 4.98. The van der Waals surface area contributed by atoms with Gasteiger partial charge in [-0.25, -0.2) is 8.42 Å². The van der Waals surface area contributed by atoms with Crippen LogP contribution in [0.5, 0.6) is 0 Å². The van der Waals surface area contributed by atoms with Gasteiger partial charge in [0.15, 0.2) is 9.84 Å². The van der Waals surface area contributed by atoms with E-state index in [1.54, 1.807) is 30.3 Å². The smallest absolute Gasteiger partial charge is 0.178 e. The molecule has 1 aromatic rings. The highest BCUT2D eigenvalue weighted by atomic mass is 32.2. The van der Waals surface area contributed by atoms with Crippen molar-refractivity contribution in [3.8, 4) is 0 Å². The van der Waals surface area contributed by atoms with Crippen LogP contribution in [0.2, 0.25) is 0 Å². The molecule has 0 spiro atoms. The molecule has 0 aliphatic carbocycles. The fraction of sp³-hybridized carbons (Fsp3) is 0.455. The maximum absolute atomic E-state index is 11.8. The zero-order valence-electron chi connectivity index (χ0n) is 8.76. The van der Waals surface area contributed by atoms with E-state index in [0.29, 0.717) is 11.3 Å². The SMILES string of the molecule is CC[C@@H](CO)CS(=O)(=O)c1ccccc1. The Hall–Kier alpha value is -0.870. The number of hydrogen-bond acceptors (Lipinski definition) is 3. The minimum Gasteiger partial charge on any atom is -0.396 e. The molecular weight excluding hydrogens is 212 g/mol. The molecule has 4 heteroatoms. The predicted octanol–water partition coefficient (Wildman–Crippen LogP) is 1.48. The molecule has 0 aromatic heterocycles. The molecule has 0 saturated heterocycles. The molecule has 0 radical (unpaired) electrons. The summed E-state index contributed by atoms with van der Waals surface area (Å²) in [5, 5.41) is 8.97. The summed E-state index contributed by atoms with van der Waals surface area (Å²) < 4.78 is 23.7. The topological polar surface area (TPSA) is 54.4 Å². The summed E-state index contributed by atoms with van der Waals surface area (Å²) in [4.78, 5) is 0.330. The number of rotatable bonds is 5. The number of benzene rings is 1. The molecule has 15 heavy (non-hydrogen) atoms. The molecule has 1 N–H and O–H groups in total. The fourth-order valence-electron chi connectivity index (χ4n) is 1.33. The van der Waals surface area contributed by atoms with Crippen molar-refractivity contribution in [3.63, 3.8) is 0 Å². The highest BCUT2D eigenvalue weighted by Gasteiger charge is 2.19. The van der Waals surface area contributed by atoms with Gasteiger partial charge in [0.25, 0.3) is 0 Å². The van der Waals surface area contributed by atoms with E-state index in [1.165, 1.54) is 0 Å². The van der Waals surface area contributed by atoms with Crippen molar-refractivity contribution in [2.45, 2.75) is 18.2 Å². The van der Waals surface area contributed by atoms with E-state index in [2.05, 4.69) is 0 Å². The predicted molar refractivity (Wildman–Crippen MR) is 59.4 cm³/mol. The first kappa shape index (κ1) is 12.2. The van der Waals surface area contributed by atoms with Crippen LogP contribution in [-0.2, 0) is 9.84 Å². The summed E-state index contributed by atoms with van der Waals surface area (Å²) in [6.07, 6.45) is 0.669. The molecule has 0 unspecified atom stereocenters. The van der Waals surface area contributed by atoms with Crippen LogP contribution in [0.25, 0.3) is 0 Å². The molecule has 0 saturated carbocycles. The summed E-state index contributed by atoms with van der Waals surface area (Å²) in [6.45, 7) is 1.80. The van der Waals surface area contributed by atoms with Gasteiger partial charge in [0.2, 0.25) is 0 Å². The minimum absolute atomic E-state index is 0.0179. The highest BCUT2D eigenvalue weighted by Crippen LogP contribution is 2.15. The molecule has 0 aliphatic heterocycles. The van der Waals surface area contributed by atoms with E-state index in [1.807, 2.05) is 6.92 Å². The van der Waals surface area contributed by atoms with E-state index in [0.717, 1.165) is 0 Å². The van der Waals surface area contributed by atoms with Gasteiger partial charge in [-0.3, -0.25) is 0 Å². The summed E-state index contributed by atoms with van der Waals surface area (Å²) in [6, 6.07) is 8.35. The van der Waals surface area contributed by atoms with Crippen molar-refractivity contribution in [2.75, 3.05) is 12.4 Å². The van der Waals surface area contributed by atoms with Crippen molar-refractivity contribution in [1.82, 2.24) is 0 Å². The molecule has 84 valence electrons. The van der Waals surface area contributed by atoms with Gasteiger partial charge >= 0.3 is 0 Å². The maximum atomic E-state index is 11.8. The zero-order chi connectivity index (χ0) is 11.3. The summed E-state index contributed by atoms with van der Waals surface area (Å²) in [5.41, 5.74) is 0. The molecule has 1 aromatic carbocycles. The third-order valence-electron chi connectivity index (χ3n) is 2.39. The Kier molecular flexibility index (Phi) is 4.29. The van der Waals surface area contributed by atoms with Crippen LogP contribution in [0.1, 0.15) is 13.3 Å². The van der Waals surface area contributed by atoms with Crippen molar-refractivity contribution in [2.24, 2.45) is 5.92 Å². The maximum Gasteiger partial charge on any atom is 0.178 e. The second kappa shape index (κ2) is 5.28. The number of aliphatic hydroxyl groups is 1. The lowest BCUT2D eigenvalue weighted by molar-refractivity contribution is 0.235. The van der Waals surface area contributed by atoms with E-state index in [-0.39, 0.29) is 18.3 Å². The van der Waals surface area contributed by atoms with Gasteiger partial charge in [-0.05, 0) is 18.1 Å². The number of sulfone groups is 1. The molecule has 1 atom stereocenters. The molecule has 0 aliphatic rings. The molecule has 3 nitrogen and oxygen atoms in total. The van der Waals surface area contributed by atoms with E-state index in [9.17, 15) is 8.42 Å². The van der Waals surface area contributed by atoms with Crippen LogP contribution in [-0.4, -0.2) is 25.9 Å². The van der Waals surface area contributed by atoms with E-state index in [4.69, 9.17) is 5.11 Å². The second-order valence-corrected chi connectivity index (χ2v) is 5.59. The highest BCUT2D eigenvalue weighted by molar-refractivity contribution is 7.91. The van der Waals surface area contributed by atoms with Gasteiger partial charge in [-0.15, -0.1) is 0 Å². The molecule has 0 bridgehead atoms. The third kappa shape index (κ3) is 3.32. The van der Waals surface area contributed by atoms with Crippen molar-refractivity contribution in [1.29, 1.82) is 0 Å². The lowest BCUT2D eigenvalue weighted by atomic mass is 10.1. The first-order valence-corrected chi connectivity index (χ1v) is 6.64. The lowest BCUT2D eigenvalue weighted by Gasteiger charge is -2.11. The quantitative estimate of drug-likeness (QED) is 0.830. The van der Waals surface area contributed by atoms with Gasteiger partial charge in [0.05, 0.1) is 10.6 Å². The van der Waals surface area contributed by atoms with E-state index < -0.39 is 9.84 Å². The first-order chi connectivity index (χ1) is 7.10. The number of hydrogen-bond donors (Lipinski definition) is 1. The Morgan fingerprint density at radius 1 is 1.27 bits per heavy atom. The van der Waals surface area contributed by atoms with Crippen LogP contribution < -0.4 is 0 Å². The van der Waals surface area contributed by atoms with Crippen molar-refractivity contribution >= 4 is 9.84 Å². The lowest BCUT2D eigenvalue weighted by Crippen LogP contribution is -2.18. The molecular formula is C11H16O3S. The standard InChI is InChI=1S/C11H16O3S/c1-2-10(8-12)9-15(13,14)11-6-4-3-5-7-11/h3-7,10,12H,2,8-9H2,1H3/t10-/m0/s1. The van der Waals surface area contributed by atoms with Gasteiger partial charge < -0.3 is 5.11 Å². The van der Waals surface area contributed by atoms with Crippen LogP contribution in [0.15, 0.2) is 35.2 Å².